The van der Waals surface area contributed by atoms with Crippen molar-refractivity contribution in [1.29, 1.82) is 0 Å². The maximum absolute atomic E-state index is 13.0. The summed E-state index contributed by atoms with van der Waals surface area (Å²) >= 11 is 0. The zero-order chi connectivity index (χ0) is 14.4. The van der Waals surface area contributed by atoms with Gasteiger partial charge in [0.1, 0.15) is 5.82 Å². The van der Waals surface area contributed by atoms with Crippen LogP contribution in [0.3, 0.4) is 0 Å². The van der Waals surface area contributed by atoms with Crippen molar-refractivity contribution in [2.75, 3.05) is 20.1 Å². The molecule has 1 atom stereocenters. The maximum atomic E-state index is 13.0. The van der Waals surface area contributed by atoms with Gasteiger partial charge >= 0.3 is 0 Å². The van der Waals surface area contributed by atoms with Crippen LogP contribution in [0.5, 0.6) is 0 Å². The molecule has 0 saturated heterocycles. The van der Waals surface area contributed by atoms with E-state index in [2.05, 4.69) is 24.2 Å². The number of hydrogen-bond donors (Lipinski definition) is 1. The first-order valence-electron chi connectivity index (χ1n) is 7.89. The predicted octanol–water partition coefficient (Wildman–Crippen LogP) is 3.74. The molecule has 0 aliphatic heterocycles. The van der Waals surface area contributed by atoms with Gasteiger partial charge in [-0.25, -0.2) is 4.39 Å². The Hall–Kier alpha value is -0.930. The minimum atomic E-state index is -0.160. The first-order valence-corrected chi connectivity index (χ1v) is 7.89. The Morgan fingerprint density at radius 2 is 1.90 bits per heavy atom. The minimum Gasteiger partial charge on any atom is -0.310 e. The summed E-state index contributed by atoms with van der Waals surface area (Å²) in [6.45, 7) is 4.16. The van der Waals surface area contributed by atoms with E-state index in [9.17, 15) is 4.39 Å². The van der Waals surface area contributed by atoms with Gasteiger partial charge in [-0.15, -0.1) is 0 Å². The van der Waals surface area contributed by atoms with E-state index in [0.29, 0.717) is 6.04 Å². The molecular formula is C17H27FN2. The third kappa shape index (κ3) is 4.29. The van der Waals surface area contributed by atoms with E-state index >= 15 is 0 Å². The molecular weight excluding hydrogens is 251 g/mol. The van der Waals surface area contributed by atoms with Gasteiger partial charge in [-0.2, -0.15) is 0 Å². The molecule has 0 radical (unpaired) electrons. The van der Waals surface area contributed by atoms with Gasteiger partial charge in [0.15, 0.2) is 0 Å². The fraction of sp³-hybridized carbons (Fsp3) is 0.647. The quantitative estimate of drug-likeness (QED) is 0.817. The predicted molar refractivity (Wildman–Crippen MR) is 82.3 cm³/mol. The van der Waals surface area contributed by atoms with E-state index in [0.717, 1.165) is 25.6 Å². The van der Waals surface area contributed by atoms with Gasteiger partial charge in [0.2, 0.25) is 0 Å². The number of nitrogens with zero attached hydrogens (tertiary/aromatic N) is 1. The molecule has 2 nitrogen and oxygen atoms in total. The van der Waals surface area contributed by atoms with Crippen LogP contribution < -0.4 is 5.32 Å². The summed E-state index contributed by atoms with van der Waals surface area (Å²) < 4.78 is 13.0. The van der Waals surface area contributed by atoms with Crippen LogP contribution in [0.4, 0.5) is 4.39 Å². The van der Waals surface area contributed by atoms with E-state index in [-0.39, 0.29) is 5.82 Å². The molecule has 1 unspecified atom stereocenters. The Bertz CT molecular complexity index is 384. The molecule has 2 rings (SSSR count). The van der Waals surface area contributed by atoms with Crippen LogP contribution in [-0.4, -0.2) is 31.1 Å². The first-order chi connectivity index (χ1) is 9.70. The third-order valence-corrected chi connectivity index (χ3v) is 4.44. The zero-order valence-corrected chi connectivity index (χ0v) is 12.7. The molecule has 0 aromatic heterocycles. The second kappa shape index (κ2) is 7.75. The van der Waals surface area contributed by atoms with E-state index < -0.39 is 0 Å². The fourth-order valence-electron chi connectivity index (χ4n) is 3.19. The van der Waals surface area contributed by atoms with Gasteiger partial charge < -0.3 is 10.2 Å². The van der Waals surface area contributed by atoms with Gasteiger partial charge in [0.05, 0.1) is 0 Å². The van der Waals surface area contributed by atoms with Gasteiger partial charge in [0, 0.05) is 12.1 Å². The molecule has 1 aliphatic rings. The Balaban J connectivity index is 1.89. The van der Waals surface area contributed by atoms with Gasteiger partial charge in [-0.05, 0) is 57.1 Å². The molecule has 0 spiro atoms. The lowest BCUT2D eigenvalue weighted by Gasteiger charge is -2.27. The highest BCUT2D eigenvalue weighted by molar-refractivity contribution is 5.19. The van der Waals surface area contributed by atoms with Crippen LogP contribution in [0, 0.1) is 5.82 Å². The topological polar surface area (TPSA) is 15.3 Å². The summed E-state index contributed by atoms with van der Waals surface area (Å²) in [6.07, 6.45) is 6.53. The Morgan fingerprint density at radius 1 is 1.25 bits per heavy atom. The molecule has 1 aromatic carbocycles. The van der Waals surface area contributed by atoms with Crippen molar-refractivity contribution in [3.8, 4) is 0 Å². The molecule has 1 fully saturated rings. The number of halogens is 1. The largest absolute Gasteiger partial charge is 0.310 e. The standard InChI is InChI=1S/C17H27FN2/c1-3-19-17(14-8-10-15(18)11-9-14)12-13-20(2)16-6-4-5-7-16/h8-11,16-17,19H,3-7,12-13H2,1-2H3. The van der Waals surface area contributed by atoms with Crippen LogP contribution in [0.1, 0.15) is 50.6 Å². The van der Waals surface area contributed by atoms with Crippen LogP contribution in [0.15, 0.2) is 24.3 Å². The Morgan fingerprint density at radius 3 is 2.50 bits per heavy atom. The summed E-state index contributed by atoms with van der Waals surface area (Å²) in [7, 11) is 2.24. The van der Waals surface area contributed by atoms with Gasteiger partial charge in [-0.1, -0.05) is 31.9 Å². The molecule has 1 aliphatic carbocycles. The lowest BCUT2D eigenvalue weighted by atomic mass is 10.0. The molecule has 1 aromatic rings. The molecule has 112 valence electrons. The van der Waals surface area contributed by atoms with Crippen molar-refractivity contribution in [3.63, 3.8) is 0 Å². The molecule has 0 amide bonds. The first kappa shape index (κ1) is 15.5. The number of rotatable bonds is 7. The van der Waals surface area contributed by atoms with Crippen molar-refractivity contribution in [1.82, 2.24) is 10.2 Å². The summed E-state index contributed by atoms with van der Waals surface area (Å²) in [6, 6.07) is 8.01. The van der Waals surface area contributed by atoms with Crippen molar-refractivity contribution < 1.29 is 4.39 Å². The monoisotopic (exact) mass is 278 g/mol. The normalized spacial score (nSPS) is 17.8. The van der Waals surface area contributed by atoms with Crippen molar-refractivity contribution in [2.24, 2.45) is 0 Å². The van der Waals surface area contributed by atoms with Crippen LogP contribution in [-0.2, 0) is 0 Å². The third-order valence-electron chi connectivity index (χ3n) is 4.44. The molecule has 0 bridgehead atoms. The zero-order valence-electron chi connectivity index (χ0n) is 12.7. The van der Waals surface area contributed by atoms with Crippen LogP contribution in [0.2, 0.25) is 0 Å². The Kier molecular flexibility index (Phi) is 5.99. The van der Waals surface area contributed by atoms with Crippen LogP contribution in [0.25, 0.3) is 0 Å². The van der Waals surface area contributed by atoms with E-state index in [4.69, 9.17) is 0 Å². The Labute approximate surface area is 122 Å². The summed E-state index contributed by atoms with van der Waals surface area (Å²) in [4.78, 5) is 2.50. The molecule has 20 heavy (non-hydrogen) atoms. The van der Waals surface area contributed by atoms with E-state index in [1.54, 1.807) is 12.1 Å². The van der Waals surface area contributed by atoms with E-state index in [1.165, 1.54) is 31.2 Å². The smallest absolute Gasteiger partial charge is 0.123 e. The lowest BCUT2D eigenvalue weighted by molar-refractivity contribution is 0.232. The molecule has 0 heterocycles. The molecule has 1 saturated carbocycles. The lowest BCUT2D eigenvalue weighted by Crippen LogP contribution is -2.33. The molecule has 1 N–H and O–H groups in total. The maximum Gasteiger partial charge on any atom is 0.123 e. The van der Waals surface area contributed by atoms with Crippen molar-refractivity contribution >= 4 is 0 Å². The average molecular weight is 278 g/mol. The van der Waals surface area contributed by atoms with E-state index in [1.807, 2.05) is 12.1 Å². The summed E-state index contributed by atoms with van der Waals surface area (Å²) in [5, 5.41) is 3.52. The summed E-state index contributed by atoms with van der Waals surface area (Å²) in [5.41, 5.74) is 1.19. The average Bonchev–Trinajstić information content (AvgIpc) is 2.98. The summed E-state index contributed by atoms with van der Waals surface area (Å²) in [5.74, 6) is -0.160. The number of benzene rings is 1. The minimum absolute atomic E-state index is 0.160. The number of hydrogen-bond acceptors (Lipinski definition) is 2. The number of nitrogens with one attached hydrogen (secondary N) is 1. The highest BCUT2D eigenvalue weighted by atomic mass is 19.1. The highest BCUT2D eigenvalue weighted by Crippen LogP contribution is 2.24. The van der Waals surface area contributed by atoms with Crippen molar-refractivity contribution in [2.45, 2.75) is 51.1 Å². The SMILES string of the molecule is CCNC(CCN(C)C1CCCC1)c1ccc(F)cc1. The molecule has 3 heteroatoms. The second-order valence-corrected chi connectivity index (χ2v) is 5.87. The van der Waals surface area contributed by atoms with Gasteiger partial charge in [0.25, 0.3) is 0 Å². The van der Waals surface area contributed by atoms with Crippen molar-refractivity contribution in [3.05, 3.63) is 35.6 Å². The van der Waals surface area contributed by atoms with Gasteiger partial charge in [-0.3, -0.25) is 0 Å². The van der Waals surface area contributed by atoms with Crippen LogP contribution >= 0.6 is 0 Å². The fourth-order valence-corrected chi connectivity index (χ4v) is 3.19. The highest BCUT2D eigenvalue weighted by Gasteiger charge is 2.20. The second-order valence-electron chi connectivity index (χ2n) is 5.87.